The Morgan fingerprint density at radius 1 is 0.375 bits per heavy atom. The van der Waals surface area contributed by atoms with Crippen molar-refractivity contribution < 1.29 is 0 Å². The van der Waals surface area contributed by atoms with Crippen LogP contribution in [-0.2, 0) is 0 Å². The molecule has 0 saturated carbocycles. The monoisotopic (exact) mass is 727 g/mol. The van der Waals surface area contributed by atoms with E-state index in [4.69, 9.17) is 9.97 Å². The Bertz CT molecular complexity index is 3800. The molecular formula is C52H29N3S. The van der Waals surface area contributed by atoms with E-state index >= 15 is 0 Å². The molecule has 0 unspecified atom stereocenters. The normalized spacial score (nSPS) is 12.3. The van der Waals surface area contributed by atoms with Gasteiger partial charge in [0.1, 0.15) is 0 Å². The van der Waals surface area contributed by atoms with Gasteiger partial charge < -0.3 is 0 Å². The Balaban J connectivity index is 1.25. The van der Waals surface area contributed by atoms with E-state index in [0.29, 0.717) is 5.95 Å². The molecule has 0 amide bonds. The van der Waals surface area contributed by atoms with Crippen LogP contribution >= 0.6 is 11.3 Å². The summed E-state index contributed by atoms with van der Waals surface area (Å²) in [6.07, 6.45) is 0. The third kappa shape index (κ3) is 4.01. The van der Waals surface area contributed by atoms with E-state index in [1.165, 1.54) is 74.0 Å². The number of fused-ring (bicyclic) bond motifs is 18. The minimum absolute atomic E-state index is 0.669. The summed E-state index contributed by atoms with van der Waals surface area (Å²) in [6, 6.07) is 64.0. The minimum atomic E-state index is 0.669. The van der Waals surface area contributed by atoms with Crippen molar-refractivity contribution in [1.29, 1.82) is 0 Å². The van der Waals surface area contributed by atoms with Gasteiger partial charge in [-0.1, -0.05) is 158 Å². The zero-order valence-electron chi connectivity index (χ0n) is 30.0. The summed E-state index contributed by atoms with van der Waals surface area (Å²) in [7, 11) is 0. The van der Waals surface area contributed by atoms with Crippen molar-refractivity contribution in [2.24, 2.45) is 0 Å². The second kappa shape index (κ2) is 11.2. The molecule has 0 aliphatic rings. The lowest BCUT2D eigenvalue weighted by Crippen LogP contribution is -2.04. The molecular weight excluding hydrogens is 699 g/mol. The van der Waals surface area contributed by atoms with E-state index in [-0.39, 0.29) is 0 Å². The van der Waals surface area contributed by atoms with Gasteiger partial charge in [-0.3, -0.25) is 4.57 Å². The van der Waals surface area contributed by atoms with Gasteiger partial charge in [0.2, 0.25) is 5.95 Å². The average Bonchev–Trinajstić information content (AvgIpc) is 3.82. The first kappa shape index (κ1) is 30.2. The number of hydrogen-bond donors (Lipinski definition) is 0. The molecule has 4 heteroatoms. The van der Waals surface area contributed by atoms with Crippen LogP contribution in [-0.4, -0.2) is 14.5 Å². The van der Waals surface area contributed by atoms with Gasteiger partial charge >= 0.3 is 0 Å². The summed E-state index contributed by atoms with van der Waals surface area (Å²) in [4.78, 5) is 11.3. The van der Waals surface area contributed by atoms with Crippen molar-refractivity contribution in [3.8, 4) is 17.2 Å². The fraction of sp³-hybridized carbons (Fsp3) is 0. The fourth-order valence-corrected chi connectivity index (χ4v) is 10.8. The molecule has 3 heterocycles. The topological polar surface area (TPSA) is 30.7 Å². The van der Waals surface area contributed by atoms with Crippen LogP contribution in [0.4, 0.5) is 0 Å². The Hall–Kier alpha value is -7.14. The molecule has 13 rings (SSSR count). The molecule has 0 bridgehead atoms. The average molecular weight is 728 g/mol. The van der Waals surface area contributed by atoms with E-state index in [1.807, 2.05) is 11.3 Å². The van der Waals surface area contributed by atoms with Gasteiger partial charge in [-0.25, -0.2) is 9.97 Å². The lowest BCUT2D eigenvalue weighted by atomic mass is 9.91. The van der Waals surface area contributed by atoms with Gasteiger partial charge in [0.15, 0.2) is 0 Å². The molecule has 0 fully saturated rings. The molecule has 0 aliphatic carbocycles. The second-order valence-electron chi connectivity index (χ2n) is 14.8. The largest absolute Gasteiger partial charge is 0.277 e. The van der Waals surface area contributed by atoms with Crippen LogP contribution in [0, 0.1) is 0 Å². The fourth-order valence-electron chi connectivity index (χ4n) is 9.56. The second-order valence-corrected chi connectivity index (χ2v) is 15.9. The van der Waals surface area contributed by atoms with Crippen molar-refractivity contribution in [3.05, 3.63) is 176 Å². The molecule has 3 aromatic heterocycles. The molecule has 10 aromatic carbocycles. The first-order valence-electron chi connectivity index (χ1n) is 19.1. The molecule has 0 atom stereocenters. The van der Waals surface area contributed by atoms with Crippen LogP contribution in [0.2, 0.25) is 0 Å². The number of nitrogens with zero attached hydrogens (tertiary/aromatic N) is 3. The van der Waals surface area contributed by atoms with Gasteiger partial charge in [0.25, 0.3) is 0 Å². The highest BCUT2D eigenvalue weighted by Crippen LogP contribution is 2.46. The van der Waals surface area contributed by atoms with Crippen LogP contribution in [0.5, 0.6) is 0 Å². The van der Waals surface area contributed by atoms with E-state index in [0.717, 1.165) is 44.0 Å². The molecule has 0 saturated heterocycles. The number of rotatable bonds is 2. The molecule has 0 spiro atoms. The molecule has 56 heavy (non-hydrogen) atoms. The lowest BCUT2D eigenvalue weighted by Gasteiger charge is -2.15. The maximum atomic E-state index is 5.70. The smallest absolute Gasteiger partial charge is 0.235 e. The first-order chi connectivity index (χ1) is 27.8. The molecule has 3 nitrogen and oxygen atoms in total. The highest BCUT2D eigenvalue weighted by Gasteiger charge is 2.24. The van der Waals surface area contributed by atoms with Crippen molar-refractivity contribution in [1.82, 2.24) is 14.5 Å². The summed E-state index contributed by atoms with van der Waals surface area (Å²) in [5, 5.41) is 18.2. The zero-order chi connectivity index (χ0) is 36.5. The lowest BCUT2D eigenvalue weighted by molar-refractivity contribution is 1.02. The first-order valence-corrected chi connectivity index (χ1v) is 19.9. The van der Waals surface area contributed by atoms with Gasteiger partial charge in [-0.15, -0.1) is 11.3 Å². The molecule has 258 valence electrons. The Labute approximate surface area is 324 Å². The van der Waals surface area contributed by atoms with E-state index in [9.17, 15) is 0 Å². The van der Waals surface area contributed by atoms with Gasteiger partial charge in [0.05, 0.1) is 22.2 Å². The summed E-state index contributed by atoms with van der Waals surface area (Å²) in [5.74, 6) is 0.669. The Morgan fingerprint density at radius 2 is 0.946 bits per heavy atom. The summed E-state index contributed by atoms with van der Waals surface area (Å²) >= 11 is 1.84. The third-order valence-electron chi connectivity index (χ3n) is 12.0. The van der Waals surface area contributed by atoms with E-state index in [1.54, 1.807) is 0 Å². The van der Waals surface area contributed by atoms with Crippen LogP contribution < -0.4 is 0 Å². The highest BCUT2D eigenvalue weighted by molar-refractivity contribution is 7.26. The SMILES string of the molecule is c1ccc2c(c1)ccc1c(-c3cccc4c3sc3ccccc34)nc(-n3c4ccc5c6ccccc6c6ccccc6c5c4c4ccc5ccccc5c43)nc12. The van der Waals surface area contributed by atoms with Crippen molar-refractivity contribution in [3.63, 3.8) is 0 Å². The standard InChI is InChI=1S/C52H29N3S/c1-3-14-32-30(12-1)25-27-42-48(32)53-52(54-49(42)43-22-11-21-40-37-19-9-10-23-45(37)56-51(40)43)55-44-29-28-39-36-18-6-5-16-34(36)35-17-7-8-20-38(35)46(39)47(44)41-26-24-31-13-2-4-15-33(31)50(41)55/h1-29H. The van der Waals surface area contributed by atoms with Crippen LogP contribution in [0.25, 0.3) is 124 Å². The van der Waals surface area contributed by atoms with Crippen LogP contribution in [0.15, 0.2) is 176 Å². The van der Waals surface area contributed by atoms with Crippen LogP contribution in [0.1, 0.15) is 0 Å². The summed E-state index contributed by atoms with van der Waals surface area (Å²) < 4.78 is 4.87. The zero-order valence-corrected chi connectivity index (χ0v) is 30.8. The van der Waals surface area contributed by atoms with Gasteiger partial charge in [0, 0.05) is 58.1 Å². The molecule has 0 aliphatic heterocycles. The van der Waals surface area contributed by atoms with E-state index < -0.39 is 0 Å². The van der Waals surface area contributed by atoms with Crippen LogP contribution in [0.3, 0.4) is 0 Å². The maximum absolute atomic E-state index is 5.70. The van der Waals surface area contributed by atoms with Crippen molar-refractivity contribution in [2.75, 3.05) is 0 Å². The number of aromatic nitrogens is 3. The van der Waals surface area contributed by atoms with E-state index in [2.05, 4.69) is 180 Å². The highest BCUT2D eigenvalue weighted by atomic mass is 32.1. The minimum Gasteiger partial charge on any atom is -0.277 e. The molecule has 13 aromatic rings. The predicted octanol–water partition coefficient (Wildman–Crippen LogP) is 14.5. The summed E-state index contributed by atoms with van der Waals surface area (Å²) in [5.41, 5.74) is 5.23. The third-order valence-corrected chi connectivity index (χ3v) is 13.2. The van der Waals surface area contributed by atoms with Crippen molar-refractivity contribution in [2.45, 2.75) is 0 Å². The number of hydrogen-bond acceptors (Lipinski definition) is 3. The van der Waals surface area contributed by atoms with Gasteiger partial charge in [-0.05, 0) is 55.9 Å². The van der Waals surface area contributed by atoms with Crippen molar-refractivity contribution >= 4 is 118 Å². The number of benzene rings is 10. The Morgan fingerprint density at radius 3 is 1.73 bits per heavy atom. The Kier molecular flexibility index (Phi) is 6.04. The molecule has 0 radical (unpaired) electrons. The molecule has 0 N–H and O–H groups in total. The predicted molar refractivity (Wildman–Crippen MR) is 240 cm³/mol. The maximum Gasteiger partial charge on any atom is 0.235 e. The quantitative estimate of drug-likeness (QED) is 0.166. The van der Waals surface area contributed by atoms with Gasteiger partial charge in [-0.2, -0.15) is 0 Å². The summed E-state index contributed by atoms with van der Waals surface area (Å²) in [6.45, 7) is 0. The number of thiophene rings is 1.